The minimum Gasteiger partial charge on any atom is -0.465 e. The summed E-state index contributed by atoms with van der Waals surface area (Å²) in [6, 6.07) is 2.58. The van der Waals surface area contributed by atoms with E-state index in [1.165, 1.54) is 28.6 Å². The maximum Gasteiger partial charge on any atom is 0.413 e. The predicted molar refractivity (Wildman–Crippen MR) is 97.5 cm³/mol. The van der Waals surface area contributed by atoms with Crippen LogP contribution in [0.5, 0.6) is 0 Å². The first-order chi connectivity index (χ1) is 12.8. The molecule has 2 heterocycles. The van der Waals surface area contributed by atoms with Crippen molar-refractivity contribution in [2.45, 2.75) is 45.6 Å². The zero-order chi connectivity index (χ0) is 19.7. The lowest BCUT2D eigenvalue weighted by Gasteiger charge is -2.30. The molecule has 1 aliphatic rings. The topological polar surface area (TPSA) is 127 Å². The van der Waals surface area contributed by atoms with Gasteiger partial charge in [0.25, 0.3) is 5.69 Å². The molecule has 0 spiro atoms. The normalized spacial score (nSPS) is 15.7. The Kier molecular flexibility index (Phi) is 5.06. The molecule has 1 aliphatic carbocycles. The van der Waals surface area contributed by atoms with E-state index >= 15 is 0 Å². The van der Waals surface area contributed by atoms with Crippen LogP contribution >= 0.6 is 0 Å². The van der Waals surface area contributed by atoms with E-state index in [4.69, 9.17) is 0 Å². The van der Waals surface area contributed by atoms with Crippen molar-refractivity contribution in [1.82, 2.24) is 20.0 Å². The van der Waals surface area contributed by atoms with Crippen molar-refractivity contribution in [2.75, 3.05) is 4.90 Å². The zero-order valence-corrected chi connectivity index (χ0v) is 15.5. The van der Waals surface area contributed by atoms with Crippen LogP contribution in [0, 0.1) is 23.0 Å². The third-order valence-electron chi connectivity index (χ3n) is 5.22. The number of pyridine rings is 1. The standard InChI is InChI=1S/C17H22N6O4/c1-10-14(23(26)27)9-8-13(18-10)15-16(21(3)20-19-15)22(17(24)25)11(2)12-6-4-5-7-12/h8-9,11-12H,4-7H2,1-3H3,(H,24,25)/t11-/m1/s1. The van der Waals surface area contributed by atoms with Gasteiger partial charge in [-0.05, 0) is 38.7 Å². The van der Waals surface area contributed by atoms with Crippen molar-refractivity contribution >= 4 is 17.6 Å². The van der Waals surface area contributed by atoms with Gasteiger partial charge in [-0.3, -0.25) is 15.0 Å². The van der Waals surface area contributed by atoms with E-state index in [0.29, 0.717) is 17.2 Å². The first-order valence-corrected chi connectivity index (χ1v) is 8.85. The minimum atomic E-state index is -1.08. The Hall–Kier alpha value is -3.04. The summed E-state index contributed by atoms with van der Waals surface area (Å²) in [6.45, 7) is 3.43. The molecule has 10 nitrogen and oxygen atoms in total. The van der Waals surface area contributed by atoms with Gasteiger partial charge in [-0.15, -0.1) is 5.10 Å². The molecule has 1 atom stereocenters. The van der Waals surface area contributed by atoms with Crippen molar-refractivity contribution < 1.29 is 14.8 Å². The van der Waals surface area contributed by atoms with Gasteiger partial charge in [-0.25, -0.2) is 14.5 Å². The van der Waals surface area contributed by atoms with Gasteiger partial charge in [0.15, 0.2) is 11.5 Å². The summed E-state index contributed by atoms with van der Waals surface area (Å²) in [5.41, 5.74) is 0.784. The third kappa shape index (κ3) is 3.46. The highest BCUT2D eigenvalue weighted by molar-refractivity contribution is 5.90. The Bertz CT molecular complexity index is 874. The third-order valence-corrected chi connectivity index (χ3v) is 5.22. The number of rotatable bonds is 5. The Morgan fingerprint density at radius 3 is 2.63 bits per heavy atom. The smallest absolute Gasteiger partial charge is 0.413 e. The van der Waals surface area contributed by atoms with Crippen LogP contribution in [0.4, 0.5) is 16.3 Å². The Balaban J connectivity index is 2.06. The van der Waals surface area contributed by atoms with E-state index in [9.17, 15) is 20.0 Å². The molecule has 1 saturated carbocycles. The molecule has 1 amide bonds. The summed E-state index contributed by atoms with van der Waals surface area (Å²) >= 11 is 0. The predicted octanol–water partition coefficient (Wildman–Crippen LogP) is 3.16. The number of carbonyl (C=O) groups is 1. The summed E-state index contributed by atoms with van der Waals surface area (Å²) in [7, 11) is 1.63. The van der Waals surface area contributed by atoms with Gasteiger partial charge in [-0.2, -0.15) is 0 Å². The summed E-state index contributed by atoms with van der Waals surface area (Å²) in [6.07, 6.45) is 3.09. The van der Waals surface area contributed by atoms with Crippen LogP contribution < -0.4 is 4.90 Å². The lowest BCUT2D eigenvalue weighted by atomic mass is 9.98. The van der Waals surface area contributed by atoms with E-state index in [1.54, 1.807) is 7.05 Å². The van der Waals surface area contributed by atoms with Crippen molar-refractivity contribution in [3.8, 4) is 11.4 Å². The molecule has 0 saturated heterocycles. The van der Waals surface area contributed by atoms with E-state index in [-0.39, 0.29) is 23.3 Å². The largest absolute Gasteiger partial charge is 0.465 e. The number of nitro groups is 1. The van der Waals surface area contributed by atoms with E-state index < -0.39 is 11.0 Å². The van der Waals surface area contributed by atoms with Crippen LogP contribution in [-0.2, 0) is 7.05 Å². The quantitative estimate of drug-likeness (QED) is 0.629. The molecule has 0 radical (unpaired) electrons. The molecule has 3 rings (SSSR count). The molecule has 0 bridgehead atoms. The fourth-order valence-corrected chi connectivity index (χ4v) is 3.77. The van der Waals surface area contributed by atoms with Crippen LogP contribution in [0.15, 0.2) is 12.1 Å². The Morgan fingerprint density at radius 1 is 1.41 bits per heavy atom. The molecule has 1 N–H and O–H groups in total. The zero-order valence-electron chi connectivity index (χ0n) is 15.5. The molecule has 27 heavy (non-hydrogen) atoms. The van der Waals surface area contributed by atoms with Crippen molar-refractivity contribution in [1.29, 1.82) is 0 Å². The molecular weight excluding hydrogens is 352 g/mol. The van der Waals surface area contributed by atoms with Crippen molar-refractivity contribution in [3.63, 3.8) is 0 Å². The number of carboxylic acid groups (broad SMARTS) is 1. The highest BCUT2D eigenvalue weighted by atomic mass is 16.6. The number of aromatic nitrogens is 4. The van der Waals surface area contributed by atoms with E-state index in [2.05, 4.69) is 15.3 Å². The molecule has 2 aromatic heterocycles. The molecule has 0 aliphatic heterocycles. The average Bonchev–Trinajstić information content (AvgIpc) is 3.25. The van der Waals surface area contributed by atoms with Gasteiger partial charge in [0.1, 0.15) is 5.69 Å². The highest BCUT2D eigenvalue weighted by Crippen LogP contribution is 2.35. The second-order valence-electron chi connectivity index (χ2n) is 6.88. The van der Waals surface area contributed by atoms with Gasteiger partial charge in [0.2, 0.25) is 0 Å². The fourth-order valence-electron chi connectivity index (χ4n) is 3.77. The number of amides is 1. The Labute approximate surface area is 156 Å². The number of hydrogen-bond acceptors (Lipinski definition) is 6. The number of anilines is 1. The fraction of sp³-hybridized carbons (Fsp3) is 0.529. The van der Waals surface area contributed by atoms with E-state index in [0.717, 1.165) is 25.7 Å². The van der Waals surface area contributed by atoms with Crippen LogP contribution in [-0.4, -0.2) is 42.1 Å². The molecule has 0 aromatic carbocycles. The maximum atomic E-state index is 12.1. The molecule has 1 fully saturated rings. The summed E-state index contributed by atoms with van der Waals surface area (Å²) < 4.78 is 1.41. The van der Waals surface area contributed by atoms with Crippen LogP contribution in [0.25, 0.3) is 11.4 Å². The molecule has 144 valence electrons. The van der Waals surface area contributed by atoms with Crippen molar-refractivity contribution in [3.05, 3.63) is 27.9 Å². The highest BCUT2D eigenvalue weighted by Gasteiger charge is 2.34. The monoisotopic (exact) mass is 374 g/mol. The summed E-state index contributed by atoms with van der Waals surface area (Å²) in [4.78, 5) is 28.2. The van der Waals surface area contributed by atoms with Crippen LogP contribution in [0.2, 0.25) is 0 Å². The SMILES string of the molecule is Cc1nc(-c2nnn(C)c2N(C(=O)O)[C@H](C)C2CCCC2)ccc1[N+](=O)[O-]. The van der Waals surface area contributed by atoms with E-state index in [1.807, 2.05) is 6.92 Å². The second-order valence-corrected chi connectivity index (χ2v) is 6.88. The van der Waals surface area contributed by atoms with Crippen LogP contribution in [0.1, 0.15) is 38.3 Å². The van der Waals surface area contributed by atoms with Gasteiger partial charge in [0, 0.05) is 19.2 Å². The molecular formula is C17H22N6O4. The Morgan fingerprint density at radius 2 is 2.07 bits per heavy atom. The average molecular weight is 374 g/mol. The first-order valence-electron chi connectivity index (χ1n) is 8.85. The molecule has 0 unspecified atom stereocenters. The van der Waals surface area contributed by atoms with Gasteiger partial charge in [0.05, 0.1) is 10.6 Å². The van der Waals surface area contributed by atoms with Gasteiger partial charge < -0.3 is 5.11 Å². The molecule has 10 heteroatoms. The lowest BCUT2D eigenvalue weighted by molar-refractivity contribution is -0.385. The molecule has 2 aromatic rings. The summed E-state index contributed by atoms with van der Waals surface area (Å²) in [5.74, 6) is 0.595. The maximum absolute atomic E-state index is 12.1. The number of nitrogens with zero attached hydrogens (tertiary/aromatic N) is 6. The van der Waals surface area contributed by atoms with Gasteiger partial charge >= 0.3 is 6.09 Å². The van der Waals surface area contributed by atoms with Gasteiger partial charge in [-0.1, -0.05) is 18.1 Å². The first kappa shape index (κ1) is 18.7. The second kappa shape index (κ2) is 7.29. The van der Waals surface area contributed by atoms with Crippen molar-refractivity contribution in [2.24, 2.45) is 13.0 Å². The minimum absolute atomic E-state index is 0.0985. The number of hydrogen-bond donors (Lipinski definition) is 1. The summed E-state index contributed by atoms with van der Waals surface area (Å²) in [5, 5.41) is 29.0. The number of aryl methyl sites for hydroxylation is 2. The lowest BCUT2D eigenvalue weighted by Crippen LogP contribution is -2.43. The van der Waals surface area contributed by atoms with Crippen LogP contribution in [0.3, 0.4) is 0 Å².